The van der Waals surface area contributed by atoms with E-state index in [1.165, 1.54) is 5.56 Å². The van der Waals surface area contributed by atoms with Crippen molar-refractivity contribution >= 4 is 41.3 Å². The van der Waals surface area contributed by atoms with Gasteiger partial charge in [-0.05, 0) is 41.1 Å². The fraction of sp³-hybridized carbons (Fsp3) is 0.643. The van der Waals surface area contributed by atoms with Crippen LogP contribution >= 0.6 is 35.3 Å². The Kier molecular flexibility index (Phi) is 11.1. The number of hydrogen-bond acceptors (Lipinski definition) is 3. The van der Waals surface area contributed by atoms with E-state index in [4.69, 9.17) is 5.11 Å². The Bertz CT molecular complexity index is 371. The van der Waals surface area contributed by atoms with Crippen LogP contribution in [-0.4, -0.2) is 37.3 Å². The van der Waals surface area contributed by atoms with Gasteiger partial charge < -0.3 is 15.7 Å². The van der Waals surface area contributed by atoms with Gasteiger partial charge in [0.25, 0.3) is 0 Å². The third kappa shape index (κ3) is 7.44. The minimum atomic E-state index is 0. The summed E-state index contributed by atoms with van der Waals surface area (Å²) in [6.45, 7) is 8.75. The maximum Gasteiger partial charge on any atom is 0.191 e. The monoisotopic (exact) mass is 411 g/mol. The second-order valence-electron chi connectivity index (χ2n) is 4.85. The Morgan fingerprint density at radius 2 is 2.15 bits per heavy atom. The van der Waals surface area contributed by atoms with E-state index in [9.17, 15) is 0 Å². The minimum Gasteiger partial charge on any atom is -0.396 e. The molecule has 0 bridgehead atoms. The molecule has 3 N–H and O–H groups in total. The number of guanidine groups is 1. The Morgan fingerprint density at radius 1 is 1.40 bits per heavy atom. The molecule has 2 atom stereocenters. The Labute approximate surface area is 143 Å². The maximum absolute atomic E-state index is 9.01. The van der Waals surface area contributed by atoms with E-state index >= 15 is 0 Å². The van der Waals surface area contributed by atoms with Crippen molar-refractivity contribution in [3.8, 4) is 0 Å². The lowest BCUT2D eigenvalue weighted by Crippen LogP contribution is -2.39. The summed E-state index contributed by atoms with van der Waals surface area (Å²) in [4.78, 5) is 4.47. The number of nitrogens with zero attached hydrogens (tertiary/aromatic N) is 1. The summed E-state index contributed by atoms with van der Waals surface area (Å²) in [5, 5.41) is 19.9. The molecule has 0 aromatic carbocycles. The van der Waals surface area contributed by atoms with Gasteiger partial charge in [0, 0.05) is 26.2 Å². The molecule has 2 unspecified atom stereocenters. The Morgan fingerprint density at radius 3 is 2.70 bits per heavy atom. The van der Waals surface area contributed by atoms with Crippen molar-refractivity contribution in [2.24, 2.45) is 10.9 Å². The number of hydrogen-bond donors (Lipinski definition) is 3. The molecule has 4 nitrogen and oxygen atoms in total. The molecule has 0 aliphatic rings. The quantitative estimate of drug-likeness (QED) is 0.367. The lowest BCUT2D eigenvalue weighted by atomic mass is 10.1. The van der Waals surface area contributed by atoms with Crippen LogP contribution in [0.1, 0.15) is 32.3 Å². The van der Waals surface area contributed by atoms with E-state index < -0.39 is 0 Å². The van der Waals surface area contributed by atoms with Crippen molar-refractivity contribution in [3.05, 3.63) is 22.4 Å². The summed E-state index contributed by atoms with van der Waals surface area (Å²) in [7, 11) is 0. The summed E-state index contributed by atoms with van der Waals surface area (Å²) < 4.78 is 0. The van der Waals surface area contributed by atoms with E-state index in [0.29, 0.717) is 12.5 Å². The number of aliphatic imine (C=N–C) groups is 1. The zero-order valence-electron chi connectivity index (χ0n) is 12.4. The normalized spacial score (nSPS) is 14.3. The standard InChI is InChI=1S/C14H25N3OS.HI/c1-4-15-14(16-7-11(2)9-18)17-8-12(3)13-5-6-19-10-13;/h5-6,10-12,18H,4,7-9H2,1-3H3,(H2,15,16,17);1H. The summed E-state index contributed by atoms with van der Waals surface area (Å²) in [6, 6.07) is 2.16. The fourth-order valence-electron chi connectivity index (χ4n) is 1.57. The number of aliphatic hydroxyl groups excluding tert-OH is 1. The van der Waals surface area contributed by atoms with Gasteiger partial charge in [0.2, 0.25) is 0 Å². The third-order valence-electron chi connectivity index (χ3n) is 2.90. The Hall–Kier alpha value is -0.340. The first-order valence-electron chi connectivity index (χ1n) is 6.82. The van der Waals surface area contributed by atoms with Gasteiger partial charge in [-0.3, -0.25) is 4.99 Å². The summed E-state index contributed by atoms with van der Waals surface area (Å²) >= 11 is 1.73. The number of nitrogens with one attached hydrogen (secondary N) is 2. The molecule has 20 heavy (non-hydrogen) atoms. The van der Waals surface area contributed by atoms with Crippen molar-refractivity contribution in [1.29, 1.82) is 0 Å². The van der Waals surface area contributed by atoms with Gasteiger partial charge >= 0.3 is 0 Å². The lowest BCUT2D eigenvalue weighted by molar-refractivity contribution is 0.241. The molecule has 1 aromatic heterocycles. The van der Waals surface area contributed by atoms with E-state index in [1.54, 1.807) is 11.3 Å². The summed E-state index contributed by atoms with van der Waals surface area (Å²) in [6.07, 6.45) is 0. The predicted octanol–water partition coefficient (Wildman–Crippen LogP) is 2.65. The van der Waals surface area contributed by atoms with E-state index in [0.717, 1.165) is 19.0 Å². The van der Waals surface area contributed by atoms with E-state index in [2.05, 4.69) is 46.3 Å². The molecule has 0 saturated heterocycles. The third-order valence-corrected chi connectivity index (χ3v) is 3.61. The van der Waals surface area contributed by atoms with Crippen molar-refractivity contribution in [3.63, 3.8) is 0 Å². The highest BCUT2D eigenvalue weighted by Gasteiger charge is 2.07. The van der Waals surface area contributed by atoms with Crippen LogP contribution in [0.5, 0.6) is 0 Å². The van der Waals surface area contributed by atoms with Crippen LogP contribution in [-0.2, 0) is 0 Å². The van der Waals surface area contributed by atoms with Crippen LogP contribution in [0, 0.1) is 5.92 Å². The van der Waals surface area contributed by atoms with Gasteiger partial charge in [0.05, 0.1) is 0 Å². The average Bonchev–Trinajstić information content (AvgIpc) is 2.95. The highest BCUT2D eigenvalue weighted by molar-refractivity contribution is 14.0. The topological polar surface area (TPSA) is 56.7 Å². The van der Waals surface area contributed by atoms with Crippen LogP contribution in [0.2, 0.25) is 0 Å². The van der Waals surface area contributed by atoms with Gasteiger partial charge in [-0.15, -0.1) is 24.0 Å². The summed E-state index contributed by atoms with van der Waals surface area (Å²) in [5.41, 5.74) is 1.36. The van der Waals surface area contributed by atoms with Crippen LogP contribution in [0.15, 0.2) is 21.8 Å². The highest BCUT2D eigenvalue weighted by Crippen LogP contribution is 2.16. The smallest absolute Gasteiger partial charge is 0.191 e. The highest BCUT2D eigenvalue weighted by atomic mass is 127. The van der Waals surface area contributed by atoms with Crippen LogP contribution in [0.25, 0.3) is 0 Å². The molecule has 0 fully saturated rings. The molecule has 6 heteroatoms. The molecule has 0 radical (unpaired) electrons. The molecule has 0 aliphatic carbocycles. The van der Waals surface area contributed by atoms with Crippen molar-refractivity contribution in [2.75, 3.05) is 26.2 Å². The van der Waals surface area contributed by atoms with Crippen LogP contribution in [0.4, 0.5) is 0 Å². The van der Waals surface area contributed by atoms with Gasteiger partial charge in [-0.2, -0.15) is 11.3 Å². The van der Waals surface area contributed by atoms with Gasteiger partial charge in [-0.25, -0.2) is 0 Å². The molecule has 0 spiro atoms. The molecule has 1 aromatic rings. The van der Waals surface area contributed by atoms with E-state index in [1.807, 2.05) is 6.92 Å². The van der Waals surface area contributed by atoms with Crippen molar-refractivity contribution in [1.82, 2.24) is 10.6 Å². The first-order valence-corrected chi connectivity index (χ1v) is 7.76. The van der Waals surface area contributed by atoms with Gasteiger partial charge in [-0.1, -0.05) is 13.8 Å². The van der Waals surface area contributed by atoms with Crippen LogP contribution in [0.3, 0.4) is 0 Å². The zero-order chi connectivity index (χ0) is 14.1. The van der Waals surface area contributed by atoms with E-state index in [-0.39, 0.29) is 36.5 Å². The lowest BCUT2D eigenvalue weighted by Gasteiger charge is -2.15. The molecule has 1 heterocycles. The zero-order valence-corrected chi connectivity index (χ0v) is 15.6. The number of rotatable bonds is 7. The number of thiophene rings is 1. The number of aliphatic hydroxyl groups is 1. The molecule has 1 rings (SSSR count). The molecule has 116 valence electrons. The fourth-order valence-corrected chi connectivity index (χ4v) is 2.35. The maximum atomic E-state index is 9.01. The molecule has 0 saturated carbocycles. The summed E-state index contributed by atoms with van der Waals surface area (Å²) in [5.74, 6) is 1.49. The number of halogens is 1. The molecule has 0 amide bonds. The van der Waals surface area contributed by atoms with Crippen molar-refractivity contribution < 1.29 is 5.11 Å². The molecular weight excluding hydrogens is 385 g/mol. The second-order valence-corrected chi connectivity index (χ2v) is 5.63. The van der Waals surface area contributed by atoms with Crippen LogP contribution < -0.4 is 10.6 Å². The molecule has 0 aliphatic heterocycles. The first-order chi connectivity index (χ1) is 9.17. The SMILES string of the molecule is CCNC(=NCC(C)CO)NCC(C)c1ccsc1.I. The predicted molar refractivity (Wildman–Crippen MR) is 98.4 cm³/mol. The van der Waals surface area contributed by atoms with Crippen molar-refractivity contribution in [2.45, 2.75) is 26.7 Å². The Balaban J connectivity index is 0.00000361. The van der Waals surface area contributed by atoms with Gasteiger partial charge in [0.15, 0.2) is 5.96 Å². The minimum absolute atomic E-state index is 0. The first kappa shape index (κ1) is 19.7. The largest absolute Gasteiger partial charge is 0.396 e. The average molecular weight is 411 g/mol. The second kappa shape index (κ2) is 11.3. The van der Waals surface area contributed by atoms with Gasteiger partial charge in [0.1, 0.15) is 0 Å². The molecular formula is C14H26IN3OS.